The van der Waals surface area contributed by atoms with Crippen LogP contribution in [0, 0.1) is 0 Å². The van der Waals surface area contributed by atoms with Crippen LogP contribution < -0.4 is 0 Å². The minimum absolute atomic E-state index is 0.00645. The lowest BCUT2D eigenvalue weighted by molar-refractivity contribution is -0.522. The zero-order valence-corrected chi connectivity index (χ0v) is 7.29. The van der Waals surface area contributed by atoms with Crippen LogP contribution in [0.1, 0.15) is 0 Å². The molecule has 0 spiro atoms. The van der Waals surface area contributed by atoms with Gasteiger partial charge >= 0.3 is 24.4 Å². The number of methoxy groups -OCH3 is 1. The normalized spacial score (nSPS) is 15.4. The number of rotatable bonds is 5. The summed E-state index contributed by atoms with van der Waals surface area (Å²) in [5, 5.41) is 7.42. The first-order valence-corrected chi connectivity index (χ1v) is 3.26. The van der Waals surface area contributed by atoms with E-state index >= 15 is 0 Å². The molecule has 0 amide bonds. The molecular weight excluding hydrogens is 260 g/mol. The lowest BCUT2D eigenvalue weighted by atomic mass is 10.5. The molecule has 0 unspecified atom stereocenters. The predicted molar refractivity (Wildman–Crippen MR) is 30.1 cm³/mol. The van der Waals surface area contributed by atoms with Crippen molar-refractivity contribution in [3.8, 4) is 0 Å². The Labute approximate surface area is 82.5 Å². The third-order valence-electron chi connectivity index (χ3n) is 1.20. The second-order valence-corrected chi connectivity index (χ2v) is 2.40. The topological polar surface area (TPSA) is 38.7 Å². The van der Waals surface area contributed by atoms with Crippen molar-refractivity contribution in [2.75, 3.05) is 7.11 Å². The molecule has 0 radical (unpaired) electrons. The highest BCUT2D eigenvalue weighted by Gasteiger charge is 2.69. The summed E-state index contributed by atoms with van der Waals surface area (Å²) >= 11 is 0. The van der Waals surface area contributed by atoms with Gasteiger partial charge in [0.15, 0.2) is 0 Å². The summed E-state index contributed by atoms with van der Waals surface area (Å²) in [6.45, 7) is 0. The van der Waals surface area contributed by atoms with Gasteiger partial charge in [-0.1, -0.05) is 0 Å². The first-order valence-electron chi connectivity index (χ1n) is 3.26. The molecule has 0 heterocycles. The van der Waals surface area contributed by atoms with Crippen LogP contribution in [0.5, 0.6) is 0 Å². The zero-order valence-electron chi connectivity index (χ0n) is 7.29. The average Bonchev–Trinajstić information content (AvgIpc) is 1.99. The Hall–Kier alpha value is -0.680. The Morgan fingerprint density at radius 1 is 0.750 bits per heavy atom. The molecule has 0 rings (SSSR count). The Balaban J connectivity index is 4.99. The van der Waals surface area contributed by atoms with Gasteiger partial charge in [-0.25, -0.2) is 4.74 Å². The van der Waals surface area contributed by atoms with Gasteiger partial charge in [0.2, 0.25) is 0 Å². The molecule has 0 aromatic heterocycles. The Morgan fingerprint density at radius 3 is 1.38 bits per heavy atom. The molecule has 3 nitrogen and oxygen atoms in total. The van der Waals surface area contributed by atoms with Crippen LogP contribution in [-0.4, -0.2) is 36.7 Å². The Bertz CT molecular complexity index is 247. The van der Waals surface area contributed by atoms with Gasteiger partial charge in [0.05, 0.1) is 0 Å². The van der Waals surface area contributed by atoms with Gasteiger partial charge in [-0.3, -0.25) is 0 Å². The summed E-state index contributed by atoms with van der Waals surface area (Å²) in [6.07, 6.45) is -23.9. The van der Waals surface area contributed by atoms with Crippen molar-refractivity contribution in [1.82, 2.24) is 0 Å². The highest BCUT2D eigenvalue weighted by Crippen LogP contribution is 2.43. The summed E-state index contributed by atoms with van der Waals surface area (Å²) < 4.78 is 100. The van der Waals surface area contributed by atoms with Gasteiger partial charge in [0.1, 0.15) is 0 Å². The second kappa shape index (κ2) is 3.96. The zero-order chi connectivity index (χ0) is 13.4. The molecule has 0 atom stereocenters. The SMILES string of the molecule is COC(F)(F)C(F)(F)OC(F)(F)C(O)(F)F. The Kier molecular flexibility index (Phi) is 3.79. The molecule has 0 aliphatic rings. The van der Waals surface area contributed by atoms with Crippen molar-refractivity contribution in [3.05, 3.63) is 0 Å². The summed E-state index contributed by atoms with van der Waals surface area (Å²) in [5.41, 5.74) is 0. The second-order valence-electron chi connectivity index (χ2n) is 2.40. The fraction of sp³-hybridized carbons (Fsp3) is 1.00. The molecule has 0 saturated carbocycles. The summed E-state index contributed by atoms with van der Waals surface area (Å²) in [6, 6.07) is 0. The van der Waals surface area contributed by atoms with E-state index in [-0.39, 0.29) is 7.11 Å². The summed E-state index contributed by atoms with van der Waals surface area (Å²) in [7, 11) is 0.00645. The maximum Gasteiger partial charge on any atom is 0.453 e. The van der Waals surface area contributed by atoms with Crippen LogP contribution in [-0.2, 0) is 9.47 Å². The monoisotopic (exact) mass is 264 g/mol. The molecule has 11 heteroatoms. The van der Waals surface area contributed by atoms with Crippen molar-refractivity contribution >= 4 is 0 Å². The van der Waals surface area contributed by atoms with Crippen molar-refractivity contribution < 1.29 is 49.7 Å². The number of aliphatic hydroxyl groups is 1. The third-order valence-corrected chi connectivity index (χ3v) is 1.20. The van der Waals surface area contributed by atoms with Gasteiger partial charge in [-0.15, -0.1) is 0 Å². The van der Waals surface area contributed by atoms with E-state index in [1.807, 2.05) is 4.74 Å². The fourth-order valence-electron chi connectivity index (χ4n) is 0.401. The van der Waals surface area contributed by atoms with E-state index in [2.05, 4.69) is 4.74 Å². The summed E-state index contributed by atoms with van der Waals surface area (Å²) in [4.78, 5) is 0. The van der Waals surface area contributed by atoms with Gasteiger partial charge in [0.25, 0.3) is 0 Å². The lowest BCUT2D eigenvalue weighted by Crippen LogP contribution is -2.53. The maximum atomic E-state index is 12.2. The first kappa shape index (κ1) is 15.3. The number of ether oxygens (including phenoxy) is 2. The third kappa shape index (κ3) is 2.92. The molecule has 0 aromatic carbocycles. The molecule has 98 valence electrons. The minimum Gasteiger partial charge on any atom is -0.329 e. The fourth-order valence-corrected chi connectivity index (χ4v) is 0.401. The van der Waals surface area contributed by atoms with E-state index in [0.717, 1.165) is 0 Å². The van der Waals surface area contributed by atoms with E-state index < -0.39 is 24.4 Å². The van der Waals surface area contributed by atoms with Gasteiger partial charge in [-0.2, -0.15) is 35.1 Å². The van der Waals surface area contributed by atoms with Crippen molar-refractivity contribution in [3.63, 3.8) is 0 Å². The largest absolute Gasteiger partial charge is 0.453 e. The van der Waals surface area contributed by atoms with Crippen LogP contribution in [0.3, 0.4) is 0 Å². The van der Waals surface area contributed by atoms with Crippen LogP contribution in [0.4, 0.5) is 35.1 Å². The standard InChI is InChI=1S/C5H4F8O3/c1-15-4(10,11)5(12,13)16-3(8,9)2(6,7)14/h14H,1H3. The molecule has 16 heavy (non-hydrogen) atoms. The molecule has 0 saturated heterocycles. The van der Waals surface area contributed by atoms with Crippen LogP contribution in [0.25, 0.3) is 0 Å². The van der Waals surface area contributed by atoms with Crippen molar-refractivity contribution in [2.24, 2.45) is 0 Å². The predicted octanol–water partition coefficient (Wildman–Crippen LogP) is 2.01. The van der Waals surface area contributed by atoms with E-state index in [0.29, 0.717) is 0 Å². The smallest absolute Gasteiger partial charge is 0.329 e. The van der Waals surface area contributed by atoms with Crippen LogP contribution >= 0.6 is 0 Å². The molecule has 0 aliphatic heterocycles. The highest BCUT2D eigenvalue weighted by atomic mass is 19.3. The lowest BCUT2D eigenvalue weighted by Gasteiger charge is -2.29. The molecule has 0 bridgehead atoms. The molecule has 0 fully saturated rings. The number of hydrogen-bond acceptors (Lipinski definition) is 3. The van der Waals surface area contributed by atoms with Gasteiger partial charge < -0.3 is 9.84 Å². The van der Waals surface area contributed by atoms with Crippen molar-refractivity contribution in [1.29, 1.82) is 0 Å². The minimum atomic E-state index is -6.21. The highest BCUT2D eigenvalue weighted by molar-refractivity contribution is 4.72. The maximum absolute atomic E-state index is 12.2. The number of hydrogen-bond donors (Lipinski definition) is 1. The number of halogens is 8. The molecule has 0 aromatic rings. The molecule has 0 aliphatic carbocycles. The first-order chi connectivity index (χ1) is 6.77. The van der Waals surface area contributed by atoms with Gasteiger partial charge in [-0.05, 0) is 0 Å². The summed E-state index contributed by atoms with van der Waals surface area (Å²) in [5.74, 6) is 0. The van der Waals surface area contributed by atoms with Gasteiger partial charge in [0, 0.05) is 7.11 Å². The van der Waals surface area contributed by atoms with E-state index in [1.165, 1.54) is 0 Å². The van der Waals surface area contributed by atoms with Crippen molar-refractivity contribution in [2.45, 2.75) is 24.4 Å². The quantitative estimate of drug-likeness (QED) is 0.772. The van der Waals surface area contributed by atoms with E-state index in [4.69, 9.17) is 5.11 Å². The average molecular weight is 264 g/mol. The van der Waals surface area contributed by atoms with Crippen LogP contribution in [0.2, 0.25) is 0 Å². The molecular formula is C5H4F8O3. The van der Waals surface area contributed by atoms with Crippen LogP contribution in [0.15, 0.2) is 0 Å². The number of alkyl halides is 8. The van der Waals surface area contributed by atoms with E-state index in [9.17, 15) is 35.1 Å². The van der Waals surface area contributed by atoms with E-state index in [1.54, 1.807) is 0 Å². The molecule has 1 N–H and O–H groups in total. The Morgan fingerprint density at radius 2 is 1.12 bits per heavy atom.